The average Bonchev–Trinajstić information content (AvgIpc) is 2.94. The molecule has 0 aliphatic carbocycles. The van der Waals surface area contributed by atoms with Gasteiger partial charge in [-0.25, -0.2) is 0 Å². The first-order chi connectivity index (χ1) is 9.19. The Balaban J connectivity index is 2.20. The number of thiophene rings is 1. The van der Waals surface area contributed by atoms with E-state index in [0.29, 0.717) is 38.0 Å². The van der Waals surface area contributed by atoms with Crippen molar-refractivity contribution in [2.24, 2.45) is 0 Å². The lowest BCUT2D eigenvalue weighted by atomic mass is 10.2. The molecule has 19 heavy (non-hydrogen) atoms. The number of hydrogen-bond donors (Lipinski definition) is 2. The molecule has 1 aromatic rings. The van der Waals surface area contributed by atoms with Crippen molar-refractivity contribution in [2.75, 3.05) is 26.2 Å². The van der Waals surface area contributed by atoms with Crippen molar-refractivity contribution in [1.82, 2.24) is 10.2 Å². The van der Waals surface area contributed by atoms with Crippen molar-refractivity contribution >= 4 is 23.2 Å². The van der Waals surface area contributed by atoms with Gasteiger partial charge in [-0.15, -0.1) is 0 Å². The molecule has 5 nitrogen and oxygen atoms in total. The van der Waals surface area contributed by atoms with Crippen LogP contribution in [0.2, 0.25) is 0 Å². The maximum absolute atomic E-state index is 11.7. The maximum Gasteiger partial charge on any atom is 0.252 e. The standard InChI is InChI=1S/C13H20N2O3S/c1-2-15(7-8-16)12(17)4-3-6-14-13(18)11-5-9-19-10-11/h5,9-10,16H,2-4,6-8H2,1H3,(H,14,18). The Morgan fingerprint density at radius 2 is 2.26 bits per heavy atom. The number of rotatable bonds is 8. The summed E-state index contributed by atoms with van der Waals surface area (Å²) in [6.45, 7) is 3.31. The summed E-state index contributed by atoms with van der Waals surface area (Å²) in [6.07, 6.45) is 0.994. The highest BCUT2D eigenvalue weighted by Crippen LogP contribution is 2.05. The van der Waals surface area contributed by atoms with Crippen molar-refractivity contribution in [3.05, 3.63) is 22.4 Å². The number of aliphatic hydroxyl groups excluding tert-OH is 1. The topological polar surface area (TPSA) is 69.6 Å². The fourth-order valence-electron chi connectivity index (χ4n) is 1.68. The van der Waals surface area contributed by atoms with Crippen LogP contribution in [-0.2, 0) is 4.79 Å². The van der Waals surface area contributed by atoms with Crippen LogP contribution in [0.4, 0.5) is 0 Å². The molecular weight excluding hydrogens is 264 g/mol. The SMILES string of the molecule is CCN(CCO)C(=O)CCCNC(=O)c1ccsc1. The molecule has 6 heteroatoms. The molecule has 2 N–H and O–H groups in total. The van der Waals surface area contributed by atoms with E-state index in [-0.39, 0.29) is 18.4 Å². The largest absolute Gasteiger partial charge is 0.395 e. The van der Waals surface area contributed by atoms with E-state index in [1.807, 2.05) is 12.3 Å². The summed E-state index contributed by atoms with van der Waals surface area (Å²) in [5.41, 5.74) is 0.659. The zero-order valence-electron chi connectivity index (χ0n) is 11.1. The van der Waals surface area contributed by atoms with Crippen LogP contribution in [0, 0.1) is 0 Å². The zero-order valence-corrected chi connectivity index (χ0v) is 11.9. The highest BCUT2D eigenvalue weighted by atomic mass is 32.1. The molecule has 0 aliphatic heterocycles. The van der Waals surface area contributed by atoms with E-state index in [9.17, 15) is 9.59 Å². The molecule has 0 bridgehead atoms. The van der Waals surface area contributed by atoms with Gasteiger partial charge < -0.3 is 15.3 Å². The highest BCUT2D eigenvalue weighted by Gasteiger charge is 2.10. The number of nitrogens with zero attached hydrogens (tertiary/aromatic N) is 1. The summed E-state index contributed by atoms with van der Waals surface area (Å²) in [5.74, 6) is -0.0854. The van der Waals surface area contributed by atoms with E-state index >= 15 is 0 Å². The molecule has 1 heterocycles. The molecule has 0 fully saturated rings. The molecule has 0 saturated carbocycles. The fraction of sp³-hybridized carbons (Fsp3) is 0.538. The molecule has 0 aliphatic rings. The average molecular weight is 284 g/mol. The molecule has 0 aromatic carbocycles. The van der Waals surface area contributed by atoms with Gasteiger partial charge in [-0.05, 0) is 24.8 Å². The summed E-state index contributed by atoms with van der Waals surface area (Å²) in [6, 6.07) is 1.77. The van der Waals surface area contributed by atoms with E-state index in [2.05, 4.69) is 5.32 Å². The third kappa shape index (κ3) is 5.40. The highest BCUT2D eigenvalue weighted by molar-refractivity contribution is 7.08. The van der Waals surface area contributed by atoms with Crippen molar-refractivity contribution in [3.63, 3.8) is 0 Å². The van der Waals surface area contributed by atoms with E-state index in [1.165, 1.54) is 11.3 Å². The first kappa shape index (κ1) is 15.7. The van der Waals surface area contributed by atoms with Gasteiger partial charge in [0.25, 0.3) is 5.91 Å². The predicted molar refractivity (Wildman–Crippen MR) is 75.2 cm³/mol. The Morgan fingerprint density at radius 3 is 2.84 bits per heavy atom. The van der Waals surface area contributed by atoms with Gasteiger partial charge in [0, 0.05) is 37.0 Å². The maximum atomic E-state index is 11.7. The summed E-state index contributed by atoms with van der Waals surface area (Å²) in [7, 11) is 0. The van der Waals surface area contributed by atoms with Gasteiger partial charge in [0.1, 0.15) is 0 Å². The van der Waals surface area contributed by atoms with Gasteiger partial charge in [-0.3, -0.25) is 9.59 Å². The molecule has 0 radical (unpaired) electrons. The van der Waals surface area contributed by atoms with Crippen molar-refractivity contribution in [3.8, 4) is 0 Å². The molecule has 106 valence electrons. The Bertz CT molecular complexity index is 393. The fourth-order valence-corrected chi connectivity index (χ4v) is 2.31. The predicted octanol–water partition coefficient (Wildman–Crippen LogP) is 1.10. The van der Waals surface area contributed by atoms with E-state index in [4.69, 9.17) is 5.11 Å². The molecule has 2 amide bonds. The van der Waals surface area contributed by atoms with Gasteiger partial charge in [-0.2, -0.15) is 11.3 Å². The Labute approximate surface area is 117 Å². The molecule has 1 aromatic heterocycles. The third-order valence-corrected chi connectivity index (χ3v) is 3.42. The van der Waals surface area contributed by atoms with Gasteiger partial charge in [0.15, 0.2) is 0 Å². The van der Waals surface area contributed by atoms with Crippen molar-refractivity contribution in [2.45, 2.75) is 19.8 Å². The number of aliphatic hydroxyl groups is 1. The van der Waals surface area contributed by atoms with Crippen LogP contribution in [0.1, 0.15) is 30.1 Å². The van der Waals surface area contributed by atoms with Gasteiger partial charge >= 0.3 is 0 Å². The van der Waals surface area contributed by atoms with E-state index in [0.717, 1.165) is 0 Å². The second-order valence-electron chi connectivity index (χ2n) is 4.07. The number of hydrogen-bond acceptors (Lipinski definition) is 4. The Hall–Kier alpha value is -1.40. The Kier molecular flexibility index (Phi) is 7.14. The van der Waals surface area contributed by atoms with Crippen LogP contribution >= 0.6 is 11.3 Å². The number of nitrogens with one attached hydrogen (secondary N) is 1. The van der Waals surface area contributed by atoms with E-state index in [1.54, 1.807) is 16.3 Å². The minimum absolute atomic E-state index is 0.0151. The monoisotopic (exact) mass is 284 g/mol. The Morgan fingerprint density at radius 1 is 1.47 bits per heavy atom. The van der Waals surface area contributed by atoms with Gasteiger partial charge in [0.05, 0.1) is 6.61 Å². The molecule has 0 saturated heterocycles. The molecule has 0 unspecified atom stereocenters. The number of amides is 2. The van der Waals surface area contributed by atoms with Gasteiger partial charge in [-0.1, -0.05) is 0 Å². The first-order valence-corrected chi connectivity index (χ1v) is 7.32. The summed E-state index contributed by atoms with van der Waals surface area (Å²) in [5, 5.41) is 15.2. The number of carbonyl (C=O) groups is 2. The van der Waals surface area contributed by atoms with Crippen LogP contribution < -0.4 is 5.32 Å². The smallest absolute Gasteiger partial charge is 0.252 e. The summed E-state index contributed by atoms with van der Waals surface area (Å²) in [4.78, 5) is 25.0. The van der Waals surface area contributed by atoms with Crippen LogP contribution in [0.15, 0.2) is 16.8 Å². The lowest BCUT2D eigenvalue weighted by Gasteiger charge is -2.19. The lowest BCUT2D eigenvalue weighted by Crippen LogP contribution is -2.34. The molecule has 0 spiro atoms. The van der Waals surface area contributed by atoms with Crippen LogP contribution in [-0.4, -0.2) is 48.1 Å². The van der Waals surface area contributed by atoms with E-state index < -0.39 is 0 Å². The zero-order chi connectivity index (χ0) is 14.1. The molecular formula is C13H20N2O3S. The van der Waals surface area contributed by atoms with Gasteiger partial charge in [0.2, 0.25) is 5.91 Å². The molecule has 0 atom stereocenters. The molecule has 1 rings (SSSR count). The van der Waals surface area contributed by atoms with Crippen LogP contribution in [0.5, 0.6) is 0 Å². The minimum Gasteiger partial charge on any atom is -0.395 e. The minimum atomic E-state index is -0.101. The van der Waals surface area contributed by atoms with Crippen molar-refractivity contribution in [1.29, 1.82) is 0 Å². The number of carbonyl (C=O) groups excluding carboxylic acids is 2. The van der Waals surface area contributed by atoms with Crippen LogP contribution in [0.25, 0.3) is 0 Å². The quantitative estimate of drug-likeness (QED) is 0.702. The second-order valence-corrected chi connectivity index (χ2v) is 4.85. The third-order valence-electron chi connectivity index (χ3n) is 2.74. The number of likely N-dealkylation sites (N-methyl/N-ethyl adjacent to an activating group) is 1. The van der Waals surface area contributed by atoms with Crippen LogP contribution in [0.3, 0.4) is 0 Å². The second kappa shape index (κ2) is 8.66. The normalized spacial score (nSPS) is 10.2. The first-order valence-electron chi connectivity index (χ1n) is 6.38. The summed E-state index contributed by atoms with van der Waals surface area (Å²) >= 11 is 1.48. The lowest BCUT2D eigenvalue weighted by molar-refractivity contribution is -0.131. The van der Waals surface area contributed by atoms with Crippen molar-refractivity contribution < 1.29 is 14.7 Å². The summed E-state index contributed by atoms with van der Waals surface area (Å²) < 4.78 is 0.